The number of hydrazone groups is 1. The molecular weight excluding hydrogens is 319 g/mol. The van der Waals surface area contributed by atoms with Gasteiger partial charge in [-0.05, 0) is 24.6 Å². The van der Waals surface area contributed by atoms with Crippen molar-refractivity contribution >= 4 is 34.7 Å². The van der Waals surface area contributed by atoms with Crippen molar-refractivity contribution in [2.75, 3.05) is 6.54 Å². The minimum atomic E-state index is -0.168. The third kappa shape index (κ3) is 2.87. The Kier molecular flexibility index (Phi) is 4.19. The summed E-state index contributed by atoms with van der Waals surface area (Å²) in [6.07, 6.45) is 0. The fourth-order valence-corrected chi connectivity index (χ4v) is 3.04. The lowest BCUT2D eigenvalue weighted by molar-refractivity contribution is 0.106. The maximum atomic E-state index is 12.7. The SMILES string of the molecule is Cc1ccc(C(=O)C2=NNC[C@@H]2c2ccc(Cl)cc2Cl)cc1. The zero-order valence-corrected chi connectivity index (χ0v) is 13.4. The molecule has 0 saturated heterocycles. The van der Waals surface area contributed by atoms with E-state index in [1.54, 1.807) is 12.1 Å². The monoisotopic (exact) mass is 332 g/mol. The van der Waals surface area contributed by atoms with Crippen LogP contribution in [-0.2, 0) is 0 Å². The molecule has 1 atom stereocenters. The maximum Gasteiger partial charge on any atom is 0.209 e. The standard InChI is InChI=1S/C17H14Cl2N2O/c1-10-2-4-11(5-3-10)17(22)16-14(9-20-21-16)13-7-6-12(18)8-15(13)19/h2-8,14,20H,9H2,1H3/t14-/m1/s1. The van der Waals surface area contributed by atoms with Crippen LogP contribution in [-0.4, -0.2) is 18.0 Å². The number of nitrogens with zero attached hydrogens (tertiary/aromatic N) is 1. The van der Waals surface area contributed by atoms with Crippen LogP contribution >= 0.6 is 23.2 Å². The van der Waals surface area contributed by atoms with Crippen LogP contribution in [0.5, 0.6) is 0 Å². The number of hydrogen-bond donors (Lipinski definition) is 1. The number of halogens is 2. The molecule has 3 rings (SSSR count). The van der Waals surface area contributed by atoms with Crippen LogP contribution in [0.25, 0.3) is 0 Å². The van der Waals surface area contributed by atoms with Gasteiger partial charge in [0.15, 0.2) is 0 Å². The quantitative estimate of drug-likeness (QED) is 0.854. The molecule has 2 aromatic rings. The fourth-order valence-electron chi connectivity index (χ4n) is 2.50. The van der Waals surface area contributed by atoms with Gasteiger partial charge in [0, 0.05) is 22.2 Å². The summed E-state index contributed by atoms with van der Waals surface area (Å²) in [5, 5.41) is 5.30. The highest BCUT2D eigenvalue weighted by molar-refractivity contribution is 6.48. The highest BCUT2D eigenvalue weighted by Crippen LogP contribution is 2.30. The molecule has 0 radical (unpaired) electrons. The third-order valence-corrected chi connectivity index (χ3v) is 4.27. The van der Waals surface area contributed by atoms with Crippen molar-refractivity contribution in [3.63, 3.8) is 0 Å². The van der Waals surface area contributed by atoms with Crippen LogP contribution in [0.1, 0.15) is 27.4 Å². The Balaban J connectivity index is 1.93. The van der Waals surface area contributed by atoms with Crippen LogP contribution in [0.2, 0.25) is 10.0 Å². The van der Waals surface area contributed by atoms with Crippen molar-refractivity contribution in [3.8, 4) is 0 Å². The van der Waals surface area contributed by atoms with Crippen LogP contribution < -0.4 is 5.43 Å². The van der Waals surface area contributed by atoms with E-state index in [4.69, 9.17) is 23.2 Å². The van der Waals surface area contributed by atoms with E-state index in [2.05, 4.69) is 10.5 Å². The first-order chi connectivity index (χ1) is 10.6. The van der Waals surface area contributed by atoms with Crippen molar-refractivity contribution < 1.29 is 4.79 Å². The summed E-state index contributed by atoms with van der Waals surface area (Å²) in [6, 6.07) is 12.8. The molecule has 5 heteroatoms. The van der Waals surface area contributed by atoms with Crippen LogP contribution in [0, 0.1) is 6.92 Å². The normalized spacial score (nSPS) is 17.0. The lowest BCUT2D eigenvalue weighted by Gasteiger charge is -2.13. The molecule has 1 aliphatic heterocycles. The van der Waals surface area contributed by atoms with Gasteiger partial charge in [-0.3, -0.25) is 4.79 Å². The maximum absolute atomic E-state index is 12.7. The zero-order valence-electron chi connectivity index (χ0n) is 11.9. The summed E-state index contributed by atoms with van der Waals surface area (Å²) in [6.45, 7) is 2.54. The molecule has 0 bridgehead atoms. The highest BCUT2D eigenvalue weighted by Gasteiger charge is 2.30. The van der Waals surface area contributed by atoms with Gasteiger partial charge >= 0.3 is 0 Å². The number of carbonyl (C=O) groups excluding carboxylic acids is 1. The molecule has 1 heterocycles. The van der Waals surface area contributed by atoms with Gasteiger partial charge in [-0.15, -0.1) is 0 Å². The topological polar surface area (TPSA) is 41.5 Å². The van der Waals surface area contributed by atoms with Gasteiger partial charge in [0.2, 0.25) is 5.78 Å². The summed E-state index contributed by atoms with van der Waals surface area (Å²) in [7, 11) is 0. The molecule has 0 aromatic heterocycles. The van der Waals surface area contributed by atoms with Gasteiger partial charge in [-0.2, -0.15) is 5.10 Å². The van der Waals surface area contributed by atoms with Gasteiger partial charge in [-0.25, -0.2) is 0 Å². The van der Waals surface area contributed by atoms with Crippen molar-refractivity contribution in [3.05, 3.63) is 69.2 Å². The average molecular weight is 333 g/mol. The van der Waals surface area contributed by atoms with E-state index in [1.807, 2.05) is 37.3 Å². The number of rotatable bonds is 3. The number of Topliss-reactive ketones (excluding diaryl/α,β-unsaturated/α-hetero) is 1. The predicted molar refractivity (Wildman–Crippen MR) is 90.2 cm³/mol. The summed E-state index contributed by atoms with van der Waals surface area (Å²) < 4.78 is 0. The van der Waals surface area contributed by atoms with Gasteiger partial charge < -0.3 is 5.43 Å². The van der Waals surface area contributed by atoms with Crippen molar-refractivity contribution in [2.24, 2.45) is 5.10 Å². The van der Waals surface area contributed by atoms with E-state index < -0.39 is 0 Å². The van der Waals surface area contributed by atoms with Gasteiger partial charge in [0.05, 0.1) is 5.92 Å². The van der Waals surface area contributed by atoms with Gasteiger partial charge in [0.25, 0.3) is 0 Å². The molecule has 3 nitrogen and oxygen atoms in total. The minimum absolute atomic E-state index is 0.0824. The Morgan fingerprint density at radius 3 is 2.59 bits per heavy atom. The first kappa shape index (κ1) is 15.1. The molecule has 0 aliphatic carbocycles. The predicted octanol–water partition coefficient (Wildman–Crippen LogP) is 4.23. The van der Waals surface area contributed by atoms with Crippen molar-refractivity contribution in [1.82, 2.24) is 5.43 Å². The summed E-state index contributed by atoms with van der Waals surface area (Å²) in [4.78, 5) is 12.7. The lowest BCUT2D eigenvalue weighted by atomic mass is 9.90. The van der Waals surface area contributed by atoms with E-state index in [-0.39, 0.29) is 11.7 Å². The Labute approximate surface area is 138 Å². The lowest BCUT2D eigenvalue weighted by Crippen LogP contribution is -2.22. The number of ketones is 1. The van der Waals surface area contributed by atoms with Crippen molar-refractivity contribution in [1.29, 1.82) is 0 Å². The van der Waals surface area contributed by atoms with E-state index in [1.165, 1.54) is 0 Å². The molecule has 2 aromatic carbocycles. The Hall–Kier alpha value is -1.84. The van der Waals surface area contributed by atoms with Gasteiger partial charge in [0.1, 0.15) is 5.71 Å². The number of aryl methyl sites for hydroxylation is 1. The second kappa shape index (κ2) is 6.11. The van der Waals surface area contributed by atoms with Crippen molar-refractivity contribution in [2.45, 2.75) is 12.8 Å². The second-order valence-electron chi connectivity index (χ2n) is 5.27. The number of nitrogens with one attached hydrogen (secondary N) is 1. The first-order valence-electron chi connectivity index (χ1n) is 6.93. The smallest absolute Gasteiger partial charge is 0.209 e. The van der Waals surface area contributed by atoms with E-state index >= 15 is 0 Å². The van der Waals surface area contributed by atoms with Gasteiger partial charge in [-0.1, -0.05) is 59.1 Å². The summed E-state index contributed by atoms with van der Waals surface area (Å²) >= 11 is 12.2. The second-order valence-corrected chi connectivity index (χ2v) is 6.12. The number of benzene rings is 2. The Bertz CT molecular complexity index is 754. The first-order valence-corrected chi connectivity index (χ1v) is 7.68. The summed E-state index contributed by atoms with van der Waals surface area (Å²) in [5.41, 5.74) is 5.98. The molecule has 0 saturated carbocycles. The minimum Gasteiger partial charge on any atom is -0.309 e. The van der Waals surface area contributed by atoms with E-state index in [0.717, 1.165) is 11.1 Å². The number of carbonyl (C=O) groups is 1. The molecule has 0 amide bonds. The number of hydrogen-bond acceptors (Lipinski definition) is 3. The molecule has 1 aliphatic rings. The Morgan fingerprint density at radius 2 is 1.91 bits per heavy atom. The average Bonchev–Trinajstić information content (AvgIpc) is 2.96. The molecule has 112 valence electrons. The molecule has 22 heavy (non-hydrogen) atoms. The molecular formula is C17H14Cl2N2O. The van der Waals surface area contributed by atoms with Crippen LogP contribution in [0.15, 0.2) is 47.6 Å². The molecule has 0 spiro atoms. The molecule has 0 unspecified atom stereocenters. The van der Waals surface area contributed by atoms with Crippen LogP contribution in [0.3, 0.4) is 0 Å². The fraction of sp³-hybridized carbons (Fsp3) is 0.176. The summed E-state index contributed by atoms with van der Waals surface area (Å²) in [5.74, 6) is -0.250. The molecule has 0 fully saturated rings. The Morgan fingerprint density at radius 1 is 1.18 bits per heavy atom. The van der Waals surface area contributed by atoms with E-state index in [0.29, 0.717) is 27.9 Å². The van der Waals surface area contributed by atoms with E-state index in [9.17, 15) is 4.79 Å². The van der Waals surface area contributed by atoms with Crippen LogP contribution in [0.4, 0.5) is 0 Å². The largest absolute Gasteiger partial charge is 0.309 e. The molecule has 1 N–H and O–H groups in total. The third-order valence-electron chi connectivity index (χ3n) is 3.71. The zero-order chi connectivity index (χ0) is 15.7. The highest BCUT2D eigenvalue weighted by atomic mass is 35.5.